The maximum Gasteiger partial charge on any atom is 0.0300 e. The van der Waals surface area contributed by atoms with Crippen LogP contribution < -0.4 is 5.32 Å². The average molecular weight is 331 g/mol. The van der Waals surface area contributed by atoms with Crippen LogP contribution in [0.5, 0.6) is 0 Å². The Morgan fingerprint density at radius 2 is 2.10 bits per heavy atom. The van der Waals surface area contributed by atoms with Gasteiger partial charge < -0.3 is 5.32 Å². The van der Waals surface area contributed by atoms with Crippen LogP contribution in [-0.2, 0) is 6.42 Å². The minimum absolute atomic E-state index is 0.677. The molecule has 0 spiro atoms. The van der Waals surface area contributed by atoms with Crippen molar-refractivity contribution in [2.24, 2.45) is 0 Å². The number of pyridine rings is 1. The van der Waals surface area contributed by atoms with Gasteiger partial charge in [-0.1, -0.05) is 34.1 Å². The highest BCUT2D eigenvalue weighted by atomic mass is 79.9. The van der Waals surface area contributed by atoms with Crippen LogP contribution in [0, 0.1) is 0 Å². The van der Waals surface area contributed by atoms with Crippen molar-refractivity contribution >= 4 is 15.9 Å². The molecule has 3 heteroatoms. The lowest BCUT2D eigenvalue weighted by Crippen LogP contribution is -2.40. The summed E-state index contributed by atoms with van der Waals surface area (Å²) in [5.41, 5.74) is 2.77. The first kappa shape index (κ1) is 13.8. The molecule has 0 aliphatic heterocycles. The molecule has 1 saturated carbocycles. The highest BCUT2D eigenvalue weighted by Gasteiger charge is 2.29. The van der Waals surface area contributed by atoms with E-state index in [9.17, 15) is 0 Å². The van der Waals surface area contributed by atoms with Crippen molar-refractivity contribution in [2.75, 3.05) is 6.54 Å². The third kappa shape index (κ3) is 3.47. The molecular formula is C17H19BrN2. The summed E-state index contributed by atoms with van der Waals surface area (Å²) in [4.78, 5) is 4.14. The van der Waals surface area contributed by atoms with E-state index in [1.165, 1.54) is 28.4 Å². The standard InChI is InChI=1S/C17H19BrN2/c18-16-5-1-4-14(9-16)15-10-17(11-15)20-8-6-13-3-2-7-19-12-13/h1-5,7,9,12,15,17,20H,6,8,10-11H2. The zero-order valence-electron chi connectivity index (χ0n) is 11.4. The number of halogens is 1. The lowest BCUT2D eigenvalue weighted by Gasteiger charge is -2.36. The first-order valence-electron chi connectivity index (χ1n) is 7.19. The Labute approximate surface area is 128 Å². The van der Waals surface area contributed by atoms with Crippen molar-refractivity contribution in [3.8, 4) is 0 Å². The molecule has 2 nitrogen and oxygen atoms in total. The first-order valence-corrected chi connectivity index (χ1v) is 7.98. The van der Waals surface area contributed by atoms with Crippen molar-refractivity contribution in [3.05, 3.63) is 64.4 Å². The molecule has 2 aromatic rings. The maximum absolute atomic E-state index is 4.14. The van der Waals surface area contributed by atoms with Gasteiger partial charge in [0.15, 0.2) is 0 Å². The van der Waals surface area contributed by atoms with Gasteiger partial charge in [0.05, 0.1) is 0 Å². The number of benzene rings is 1. The van der Waals surface area contributed by atoms with E-state index >= 15 is 0 Å². The summed E-state index contributed by atoms with van der Waals surface area (Å²) >= 11 is 3.55. The van der Waals surface area contributed by atoms with Crippen LogP contribution in [0.1, 0.15) is 29.9 Å². The van der Waals surface area contributed by atoms with Crippen LogP contribution >= 0.6 is 15.9 Å². The van der Waals surface area contributed by atoms with Gasteiger partial charge >= 0.3 is 0 Å². The molecule has 0 amide bonds. The first-order chi connectivity index (χ1) is 9.81. The van der Waals surface area contributed by atoms with Gasteiger partial charge in [0.2, 0.25) is 0 Å². The molecule has 20 heavy (non-hydrogen) atoms. The van der Waals surface area contributed by atoms with E-state index in [2.05, 4.69) is 56.6 Å². The van der Waals surface area contributed by atoms with Gasteiger partial charge in [-0.15, -0.1) is 0 Å². The van der Waals surface area contributed by atoms with Crippen molar-refractivity contribution in [2.45, 2.75) is 31.2 Å². The monoisotopic (exact) mass is 330 g/mol. The fourth-order valence-corrected chi connectivity index (χ4v) is 3.20. The second-order valence-corrected chi connectivity index (χ2v) is 6.40. The SMILES string of the molecule is Brc1cccc(C2CC(NCCc3cccnc3)C2)c1. The van der Waals surface area contributed by atoms with Crippen LogP contribution in [0.15, 0.2) is 53.3 Å². The Morgan fingerprint density at radius 3 is 2.85 bits per heavy atom. The van der Waals surface area contributed by atoms with Crippen LogP contribution in [0.2, 0.25) is 0 Å². The number of hydrogen-bond acceptors (Lipinski definition) is 2. The van der Waals surface area contributed by atoms with Crippen molar-refractivity contribution in [1.82, 2.24) is 10.3 Å². The molecular weight excluding hydrogens is 312 g/mol. The topological polar surface area (TPSA) is 24.9 Å². The van der Waals surface area contributed by atoms with E-state index in [4.69, 9.17) is 0 Å². The van der Waals surface area contributed by atoms with Crippen LogP contribution in [0.4, 0.5) is 0 Å². The summed E-state index contributed by atoms with van der Waals surface area (Å²) in [6.45, 7) is 1.04. The summed E-state index contributed by atoms with van der Waals surface area (Å²) in [7, 11) is 0. The molecule has 0 bridgehead atoms. The number of hydrogen-bond donors (Lipinski definition) is 1. The van der Waals surface area contributed by atoms with E-state index in [1.54, 1.807) is 0 Å². The van der Waals surface area contributed by atoms with E-state index in [1.807, 2.05) is 18.5 Å². The molecule has 0 unspecified atom stereocenters. The Kier molecular flexibility index (Phi) is 4.48. The van der Waals surface area contributed by atoms with Crippen molar-refractivity contribution in [3.63, 3.8) is 0 Å². The Hall–Kier alpha value is -1.19. The number of rotatable bonds is 5. The largest absolute Gasteiger partial charge is 0.314 e. The fourth-order valence-electron chi connectivity index (χ4n) is 2.78. The zero-order chi connectivity index (χ0) is 13.8. The predicted molar refractivity (Wildman–Crippen MR) is 85.8 cm³/mol. The Bertz CT molecular complexity index is 550. The molecule has 0 radical (unpaired) electrons. The molecule has 3 rings (SSSR count). The van der Waals surface area contributed by atoms with Crippen LogP contribution in [0.25, 0.3) is 0 Å². The zero-order valence-corrected chi connectivity index (χ0v) is 13.0. The van der Waals surface area contributed by atoms with Gasteiger partial charge in [0, 0.05) is 22.9 Å². The quantitative estimate of drug-likeness (QED) is 0.898. The number of nitrogens with one attached hydrogen (secondary N) is 1. The predicted octanol–water partition coefficient (Wildman–Crippen LogP) is 3.92. The van der Waals surface area contributed by atoms with Gasteiger partial charge in [-0.25, -0.2) is 0 Å². The van der Waals surface area contributed by atoms with Crippen molar-refractivity contribution < 1.29 is 0 Å². The summed E-state index contributed by atoms with van der Waals surface area (Å²) in [6.07, 6.45) is 7.34. The smallest absolute Gasteiger partial charge is 0.0300 e. The summed E-state index contributed by atoms with van der Waals surface area (Å²) in [6, 6.07) is 13.5. The highest BCUT2D eigenvalue weighted by molar-refractivity contribution is 9.10. The van der Waals surface area contributed by atoms with Crippen LogP contribution in [-0.4, -0.2) is 17.6 Å². The molecule has 1 fully saturated rings. The van der Waals surface area contributed by atoms with E-state index < -0.39 is 0 Å². The molecule has 1 aliphatic carbocycles. The van der Waals surface area contributed by atoms with Gasteiger partial charge in [-0.3, -0.25) is 4.98 Å². The Morgan fingerprint density at radius 1 is 1.20 bits per heavy atom. The molecule has 104 valence electrons. The molecule has 1 heterocycles. The van der Waals surface area contributed by atoms with Crippen molar-refractivity contribution in [1.29, 1.82) is 0 Å². The van der Waals surface area contributed by atoms with Gasteiger partial charge in [-0.2, -0.15) is 0 Å². The second kappa shape index (κ2) is 6.51. The van der Waals surface area contributed by atoms with Gasteiger partial charge in [0.25, 0.3) is 0 Å². The molecule has 1 aromatic heterocycles. The van der Waals surface area contributed by atoms with E-state index in [0.29, 0.717) is 6.04 Å². The van der Waals surface area contributed by atoms with E-state index in [0.717, 1.165) is 18.9 Å². The second-order valence-electron chi connectivity index (χ2n) is 5.49. The van der Waals surface area contributed by atoms with E-state index in [-0.39, 0.29) is 0 Å². The van der Waals surface area contributed by atoms with Gasteiger partial charge in [-0.05, 0) is 61.1 Å². The average Bonchev–Trinajstić information content (AvgIpc) is 2.42. The third-order valence-corrected chi connectivity index (χ3v) is 4.52. The summed E-state index contributed by atoms with van der Waals surface area (Å²) < 4.78 is 1.18. The highest BCUT2D eigenvalue weighted by Crippen LogP contribution is 2.37. The van der Waals surface area contributed by atoms with Gasteiger partial charge in [0.1, 0.15) is 0 Å². The molecule has 1 aromatic carbocycles. The molecule has 1 N–H and O–H groups in total. The third-order valence-electron chi connectivity index (χ3n) is 4.03. The summed E-state index contributed by atoms with van der Waals surface area (Å²) in [5, 5.41) is 3.64. The normalized spacial score (nSPS) is 21.4. The lowest BCUT2D eigenvalue weighted by atomic mass is 9.76. The maximum atomic E-state index is 4.14. The molecule has 0 saturated heterocycles. The lowest BCUT2D eigenvalue weighted by molar-refractivity contribution is 0.292. The number of nitrogens with zero attached hydrogens (tertiary/aromatic N) is 1. The molecule has 0 atom stereocenters. The Balaban J connectivity index is 1.40. The minimum Gasteiger partial charge on any atom is -0.314 e. The fraction of sp³-hybridized carbons (Fsp3) is 0.353. The number of aromatic nitrogens is 1. The summed E-state index contributed by atoms with van der Waals surface area (Å²) in [5.74, 6) is 0.725. The van der Waals surface area contributed by atoms with Crippen LogP contribution in [0.3, 0.4) is 0 Å². The minimum atomic E-state index is 0.677. The molecule has 1 aliphatic rings.